The third kappa shape index (κ3) is 1.76. The quantitative estimate of drug-likeness (QED) is 0.497. The van der Waals surface area contributed by atoms with Gasteiger partial charge in [0.05, 0.1) is 4.90 Å². The Morgan fingerprint density at radius 2 is 1.73 bits per heavy atom. The Balaban J connectivity index is 3.14. The van der Waals surface area contributed by atoms with Crippen LogP contribution in [0.2, 0.25) is 0 Å². The minimum atomic E-state index is -3.60. The van der Waals surface area contributed by atoms with E-state index in [1.54, 1.807) is 18.2 Å². The summed E-state index contributed by atoms with van der Waals surface area (Å²) in [5.74, 6) is 4.68. The molecule has 2 N–H and O–H groups in total. The van der Waals surface area contributed by atoms with Gasteiger partial charge in [-0.05, 0) is 17.0 Å². The summed E-state index contributed by atoms with van der Waals surface area (Å²) < 4.78 is 21.8. The maximum Gasteiger partial charge on any atom is 0.271 e. The van der Waals surface area contributed by atoms with E-state index in [4.69, 9.17) is 0 Å². The summed E-state index contributed by atoms with van der Waals surface area (Å²) in [6, 6.07) is 7.81. The molecule has 0 amide bonds. The van der Waals surface area contributed by atoms with Gasteiger partial charge in [0.1, 0.15) is 0 Å². The Bertz CT molecular complexity index is 320. The average Bonchev–Trinajstić information content (AvgIpc) is 2.06. The first-order valence-corrected chi connectivity index (χ1v) is 4.33. The van der Waals surface area contributed by atoms with Crippen LogP contribution in [0.4, 0.5) is 0 Å². The van der Waals surface area contributed by atoms with Gasteiger partial charge in [0.25, 0.3) is 10.0 Å². The molecule has 4 nitrogen and oxygen atoms in total. The number of hydrogen-bond acceptors (Lipinski definition) is 3. The van der Waals surface area contributed by atoms with E-state index in [1.807, 2.05) is 0 Å². The Morgan fingerprint density at radius 1 is 1.18 bits per heavy atom. The van der Waals surface area contributed by atoms with Crippen LogP contribution >= 0.6 is 0 Å². The summed E-state index contributed by atoms with van der Waals surface area (Å²) in [6.07, 6.45) is 0. The average molecular weight is 171 g/mol. The maximum absolute atomic E-state index is 10.9. The zero-order valence-electron chi connectivity index (χ0n) is 5.64. The van der Waals surface area contributed by atoms with Gasteiger partial charge in [-0.15, -0.1) is 0 Å². The molecule has 0 spiro atoms. The zero-order chi connectivity index (χ0) is 8.32. The highest BCUT2D eigenvalue weighted by Gasteiger charge is 2.10. The normalized spacial score (nSPS) is 11.4. The number of rotatable bonds is 2. The summed E-state index contributed by atoms with van der Waals surface area (Å²) in [7, 11) is -3.60. The van der Waals surface area contributed by atoms with Gasteiger partial charge in [-0.2, -0.15) is 0 Å². The lowest BCUT2D eigenvalue weighted by Crippen LogP contribution is -2.22. The second-order valence-corrected chi connectivity index (χ2v) is 3.53. The third-order valence-electron chi connectivity index (χ3n) is 1.18. The van der Waals surface area contributed by atoms with Gasteiger partial charge >= 0.3 is 0 Å². The molecule has 0 aliphatic heterocycles. The molecule has 0 aliphatic carbocycles. The molecule has 1 rings (SSSR count). The van der Waals surface area contributed by atoms with E-state index in [1.165, 1.54) is 12.1 Å². The molecule has 5 heteroatoms. The van der Waals surface area contributed by atoms with Crippen LogP contribution in [-0.4, -0.2) is 8.42 Å². The topological polar surface area (TPSA) is 74.3 Å². The minimum Gasteiger partial charge on any atom is -0.238 e. The molecule has 0 saturated carbocycles. The van der Waals surface area contributed by atoms with Gasteiger partial charge in [0, 0.05) is 0 Å². The van der Waals surface area contributed by atoms with Gasteiger partial charge in [0.15, 0.2) is 0 Å². The molecule has 0 aromatic heterocycles. The molecule has 0 unspecified atom stereocenters. The summed E-state index contributed by atoms with van der Waals surface area (Å²) >= 11 is 0. The fourth-order valence-corrected chi connectivity index (χ4v) is 1.28. The van der Waals surface area contributed by atoms with Crippen molar-refractivity contribution in [2.75, 3.05) is 0 Å². The van der Waals surface area contributed by atoms with Crippen molar-refractivity contribution >= 4 is 10.0 Å². The fourth-order valence-electron chi connectivity index (χ4n) is 0.653. The lowest BCUT2D eigenvalue weighted by atomic mass is 10.4. The van der Waals surface area contributed by atoms with Crippen molar-refractivity contribution in [2.45, 2.75) is 4.90 Å². The minimum absolute atomic E-state index is 0.113. The molecule has 0 aliphatic rings. The van der Waals surface area contributed by atoms with Gasteiger partial charge in [-0.1, -0.05) is 18.2 Å². The molecule has 1 aromatic carbocycles. The number of nitrogens with two attached hydrogens (primary N) is 1. The molecule has 1 aromatic rings. The van der Waals surface area contributed by atoms with E-state index < -0.39 is 10.0 Å². The molecule has 0 fully saturated rings. The van der Waals surface area contributed by atoms with Crippen molar-refractivity contribution in [3.63, 3.8) is 0 Å². The molecule has 0 bridgehead atoms. The number of benzene rings is 1. The monoisotopic (exact) mass is 171 g/mol. The van der Waals surface area contributed by atoms with Gasteiger partial charge in [-0.25, -0.2) is 14.3 Å². The van der Waals surface area contributed by atoms with E-state index in [9.17, 15) is 8.42 Å². The highest BCUT2D eigenvalue weighted by atomic mass is 32.2. The second kappa shape index (κ2) is 3.00. The first-order valence-electron chi connectivity index (χ1n) is 2.89. The van der Waals surface area contributed by atoms with Crippen LogP contribution in [0.3, 0.4) is 0 Å². The predicted molar refractivity (Wildman–Crippen MR) is 39.9 cm³/mol. The number of hydrogen-bond donors (Lipinski definition) is 1. The first-order chi connectivity index (χ1) is 5.17. The Labute approximate surface area is 65.1 Å². The lowest BCUT2D eigenvalue weighted by molar-refractivity contribution is 0.583. The molecule has 0 heterocycles. The molecule has 11 heavy (non-hydrogen) atoms. The maximum atomic E-state index is 10.9. The van der Waals surface area contributed by atoms with Crippen molar-refractivity contribution in [1.29, 1.82) is 0 Å². The third-order valence-corrected chi connectivity index (χ3v) is 2.33. The lowest BCUT2D eigenvalue weighted by Gasteiger charge is -1.96. The van der Waals surface area contributed by atoms with Gasteiger partial charge < -0.3 is 0 Å². The Kier molecular flexibility index (Phi) is 2.23. The zero-order valence-corrected chi connectivity index (χ0v) is 6.45. The Morgan fingerprint density at radius 3 is 2.18 bits per heavy atom. The van der Waals surface area contributed by atoms with Crippen molar-refractivity contribution < 1.29 is 8.42 Å². The van der Waals surface area contributed by atoms with Crippen molar-refractivity contribution in [3.8, 4) is 0 Å². The van der Waals surface area contributed by atoms with Crippen molar-refractivity contribution in [3.05, 3.63) is 30.3 Å². The molecular formula is C6H7N2O2S. The van der Waals surface area contributed by atoms with Crippen LogP contribution in [0, 0.1) is 0 Å². The Hall–Kier alpha value is -0.910. The highest BCUT2D eigenvalue weighted by molar-refractivity contribution is 7.89. The van der Waals surface area contributed by atoms with E-state index in [0.717, 1.165) is 0 Å². The molecule has 1 radical (unpaired) electrons. The van der Waals surface area contributed by atoms with E-state index in [2.05, 4.69) is 10.7 Å². The smallest absolute Gasteiger partial charge is 0.238 e. The number of nitrogens with zero attached hydrogens (tertiary/aromatic N) is 1. The van der Waals surface area contributed by atoms with Gasteiger partial charge in [0.2, 0.25) is 0 Å². The molecule has 0 atom stereocenters. The van der Waals surface area contributed by atoms with Crippen LogP contribution in [0.15, 0.2) is 35.2 Å². The largest absolute Gasteiger partial charge is 0.271 e. The van der Waals surface area contributed by atoms with Crippen LogP contribution in [0.1, 0.15) is 0 Å². The van der Waals surface area contributed by atoms with Crippen LogP contribution in [0.5, 0.6) is 0 Å². The van der Waals surface area contributed by atoms with E-state index >= 15 is 0 Å². The van der Waals surface area contributed by atoms with Crippen molar-refractivity contribution in [1.82, 2.24) is 4.83 Å². The summed E-state index contributed by atoms with van der Waals surface area (Å²) in [5.41, 5.74) is 0. The fraction of sp³-hybridized carbons (Fsp3) is 0. The van der Waals surface area contributed by atoms with E-state index in [0.29, 0.717) is 0 Å². The SMILES string of the molecule is N[N]S(=O)(=O)c1ccccc1. The standard InChI is InChI=1S/C6H7N2O2S/c7-8-11(9,10)6-4-2-1-3-5-6/h1-5H,7H2. The second-order valence-electron chi connectivity index (χ2n) is 1.89. The van der Waals surface area contributed by atoms with Gasteiger partial charge in [-0.3, -0.25) is 0 Å². The summed E-state index contributed by atoms with van der Waals surface area (Å²) in [6.45, 7) is 0. The van der Waals surface area contributed by atoms with Crippen molar-refractivity contribution in [2.24, 2.45) is 5.84 Å². The predicted octanol–water partition coefficient (Wildman–Crippen LogP) is -0.147. The van der Waals surface area contributed by atoms with E-state index in [-0.39, 0.29) is 4.90 Å². The molecule has 0 saturated heterocycles. The summed E-state index contributed by atoms with van der Waals surface area (Å²) in [5, 5.41) is 0. The van der Waals surface area contributed by atoms with Crippen LogP contribution < -0.4 is 10.7 Å². The highest BCUT2D eigenvalue weighted by Crippen LogP contribution is 2.05. The summed E-state index contributed by atoms with van der Waals surface area (Å²) in [4.78, 5) is 2.88. The molecular weight excluding hydrogens is 164 g/mol. The number of sulfonamides is 1. The first kappa shape index (κ1) is 8.19. The van der Waals surface area contributed by atoms with Crippen LogP contribution in [0.25, 0.3) is 0 Å². The molecule has 59 valence electrons. The van der Waals surface area contributed by atoms with Crippen LogP contribution in [-0.2, 0) is 10.0 Å².